The molecule has 0 unspecified atom stereocenters. The van der Waals surface area contributed by atoms with Crippen LogP contribution < -0.4 is 0 Å². The maximum absolute atomic E-state index is 5.61. The standard InChI is InChI=1S/C13H13IO/c1-9-3-5-12(14)11(7-9)13-6-4-10(2)8-15-13/h3,5-8H,4H2,1-2H3. The Balaban J connectivity index is 2.34. The van der Waals surface area contributed by atoms with E-state index in [-0.39, 0.29) is 0 Å². The molecule has 1 heterocycles. The zero-order chi connectivity index (χ0) is 10.8. The quantitative estimate of drug-likeness (QED) is 0.704. The number of halogens is 1. The van der Waals surface area contributed by atoms with Crippen LogP contribution in [0.3, 0.4) is 0 Å². The van der Waals surface area contributed by atoms with Crippen molar-refractivity contribution in [3.63, 3.8) is 0 Å². The second kappa shape index (κ2) is 4.39. The molecule has 1 nitrogen and oxygen atoms in total. The summed E-state index contributed by atoms with van der Waals surface area (Å²) >= 11 is 2.34. The molecule has 0 radical (unpaired) electrons. The van der Waals surface area contributed by atoms with E-state index in [1.54, 1.807) is 0 Å². The van der Waals surface area contributed by atoms with Gasteiger partial charge in [-0.15, -0.1) is 0 Å². The van der Waals surface area contributed by atoms with Crippen LogP contribution in [0.4, 0.5) is 0 Å². The first-order chi connectivity index (χ1) is 7.16. The van der Waals surface area contributed by atoms with E-state index in [1.165, 1.54) is 20.3 Å². The molecule has 15 heavy (non-hydrogen) atoms. The van der Waals surface area contributed by atoms with Crippen LogP contribution in [-0.2, 0) is 4.74 Å². The fourth-order valence-corrected chi connectivity index (χ4v) is 2.12. The smallest absolute Gasteiger partial charge is 0.131 e. The molecule has 0 amide bonds. The van der Waals surface area contributed by atoms with Crippen molar-refractivity contribution in [1.82, 2.24) is 0 Å². The van der Waals surface area contributed by atoms with Crippen molar-refractivity contribution in [1.29, 1.82) is 0 Å². The number of hydrogen-bond acceptors (Lipinski definition) is 1. The molecular weight excluding hydrogens is 299 g/mol. The third kappa shape index (κ3) is 2.43. The van der Waals surface area contributed by atoms with Crippen LogP contribution in [0.2, 0.25) is 0 Å². The molecule has 2 heteroatoms. The van der Waals surface area contributed by atoms with E-state index >= 15 is 0 Å². The summed E-state index contributed by atoms with van der Waals surface area (Å²) in [7, 11) is 0. The van der Waals surface area contributed by atoms with Crippen LogP contribution >= 0.6 is 22.6 Å². The van der Waals surface area contributed by atoms with Gasteiger partial charge in [0.1, 0.15) is 5.76 Å². The lowest BCUT2D eigenvalue weighted by Gasteiger charge is -2.14. The summed E-state index contributed by atoms with van der Waals surface area (Å²) in [5, 5.41) is 0. The summed E-state index contributed by atoms with van der Waals surface area (Å²) in [5.74, 6) is 0.980. The van der Waals surface area contributed by atoms with Gasteiger partial charge in [0.25, 0.3) is 0 Å². The molecular formula is C13H13IO. The molecule has 2 rings (SSSR count). The average molecular weight is 312 g/mol. The van der Waals surface area contributed by atoms with Crippen molar-refractivity contribution in [2.45, 2.75) is 20.3 Å². The van der Waals surface area contributed by atoms with Gasteiger partial charge in [-0.1, -0.05) is 11.6 Å². The number of allylic oxidation sites excluding steroid dienone is 2. The second-order valence-electron chi connectivity index (χ2n) is 3.84. The fourth-order valence-electron chi connectivity index (χ4n) is 1.52. The van der Waals surface area contributed by atoms with E-state index in [0.717, 1.165) is 12.2 Å². The first-order valence-corrected chi connectivity index (χ1v) is 6.03. The lowest BCUT2D eigenvalue weighted by molar-refractivity contribution is 0.421. The molecule has 1 aliphatic rings. The first-order valence-electron chi connectivity index (χ1n) is 4.96. The molecule has 1 aliphatic heterocycles. The minimum atomic E-state index is 0.980. The third-order valence-corrected chi connectivity index (χ3v) is 3.32. The van der Waals surface area contributed by atoms with E-state index in [1.807, 2.05) is 6.26 Å². The molecule has 0 aromatic heterocycles. The van der Waals surface area contributed by atoms with Crippen molar-refractivity contribution < 1.29 is 4.74 Å². The van der Waals surface area contributed by atoms with Crippen LogP contribution in [0.5, 0.6) is 0 Å². The fraction of sp³-hybridized carbons (Fsp3) is 0.231. The van der Waals surface area contributed by atoms with Gasteiger partial charge in [-0.05, 0) is 66.6 Å². The van der Waals surface area contributed by atoms with Gasteiger partial charge in [0.2, 0.25) is 0 Å². The molecule has 0 bridgehead atoms. The average Bonchev–Trinajstić information content (AvgIpc) is 2.23. The van der Waals surface area contributed by atoms with Gasteiger partial charge < -0.3 is 4.74 Å². The Morgan fingerprint density at radius 3 is 2.73 bits per heavy atom. The van der Waals surface area contributed by atoms with Crippen LogP contribution in [0.1, 0.15) is 24.5 Å². The molecule has 0 N–H and O–H groups in total. The van der Waals surface area contributed by atoms with E-state index in [2.05, 4.69) is 60.7 Å². The zero-order valence-electron chi connectivity index (χ0n) is 8.88. The number of hydrogen-bond donors (Lipinski definition) is 0. The predicted molar refractivity (Wildman–Crippen MR) is 71.3 cm³/mol. The van der Waals surface area contributed by atoms with E-state index in [0.29, 0.717) is 0 Å². The largest absolute Gasteiger partial charge is 0.465 e. The minimum Gasteiger partial charge on any atom is -0.465 e. The zero-order valence-corrected chi connectivity index (χ0v) is 11.0. The molecule has 1 aromatic carbocycles. The maximum atomic E-state index is 5.61. The Morgan fingerprint density at radius 1 is 1.27 bits per heavy atom. The van der Waals surface area contributed by atoms with E-state index < -0.39 is 0 Å². The molecule has 0 saturated carbocycles. The minimum absolute atomic E-state index is 0.980. The molecule has 0 fully saturated rings. The van der Waals surface area contributed by atoms with Gasteiger partial charge in [0, 0.05) is 9.13 Å². The summed E-state index contributed by atoms with van der Waals surface area (Å²) in [6, 6.07) is 6.42. The predicted octanol–water partition coefficient (Wildman–Crippen LogP) is 4.26. The summed E-state index contributed by atoms with van der Waals surface area (Å²) in [5.41, 5.74) is 3.72. The SMILES string of the molecule is CC1=COC(c2cc(C)ccc2I)=CC1. The van der Waals surface area contributed by atoms with Gasteiger partial charge in [0.15, 0.2) is 0 Å². The van der Waals surface area contributed by atoms with Gasteiger partial charge in [0.05, 0.1) is 6.26 Å². The second-order valence-corrected chi connectivity index (χ2v) is 5.00. The van der Waals surface area contributed by atoms with Crippen molar-refractivity contribution >= 4 is 28.4 Å². The van der Waals surface area contributed by atoms with E-state index in [9.17, 15) is 0 Å². The molecule has 1 aromatic rings. The van der Waals surface area contributed by atoms with Crippen LogP contribution in [0, 0.1) is 10.5 Å². The van der Waals surface area contributed by atoms with Gasteiger partial charge >= 0.3 is 0 Å². The summed E-state index contributed by atoms with van der Waals surface area (Å²) in [6.07, 6.45) is 4.97. The van der Waals surface area contributed by atoms with Crippen LogP contribution in [0.15, 0.2) is 36.1 Å². The topological polar surface area (TPSA) is 9.23 Å². The van der Waals surface area contributed by atoms with Gasteiger partial charge in [-0.3, -0.25) is 0 Å². The highest BCUT2D eigenvalue weighted by molar-refractivity contribution is 14.1. The van der Waals surface area contributed by atoms with Crippen molar-refractivity contribution in [2.75, 3.05) is 0 Å². The summed E-state index contributed by atoms with van der Waals surface area (Å²) in [4.78, 5) is 0. The van der Waals surface area contributed by atoms with Crippen molar-refractivity contribution in [2.24, 2.45) is 0 Å². The normalized spacial score (nSPS) is 15.4. The van der Waals surface area contributed by atoms with Crippen LogP contribution in [-0.4, -0.2) is 0 Å². The molecule has 0 aliphatic carbocycles. The van der Waals surface area contributed by atoms with Gasteiger partial charge in [-0.2, -0.15) is 0 Å². The molecule has 78 valence electrons. The number of benzene rings is 1. The highest BCUT2D eigenvalue weighted by Crippen LogP contribution is 2.27. The summed E-state index contributed by atoms with van der Waals surface area (Å²) in [6.45, 7) is 4.18. The highest BCUT2D eigenvalue weighted by atomic mass is 127. The van der Waals surface area contributed by atoms with Crippen molar-refractivity contribution in [3.8, 4) is 0 Å². The lowest BCUT2D eigenvalue weighted by atomic mass is 10.1. The van der Waals surface area contributed by atoms with Gasteiger partial charge in [-0.25, -0.2) is 0 Å². The summed E-state index contributed by atoms with van der Waals surface area (Å²) < 4.78 is 6.84. The highest BCUT2D eigenvalue weighted by Gasteiger charge is 2.10. The van der Waals surface area contributed by atoms with Crippen LogP contribution in [0.25, 0.3) is 5.76 Å². The monoisotopic (exact) mass is 312 g/mol. The molecule has 0 saturated heterocycles. The lowest BCUT2D eigenvalue weighted by Crippen LogP contribution is -1.96. The molecule has 0 atom stereocenters. The third-order valence-electron chi connectivity index (χ3n) is 2.38. The Kier molecular flexibility index (Phi) is 3.14. The van der Waals surface area contributed by atoms with E-state index in [4.69, 9.17) is 4.74 Å². The first kappa shape index (κ1) is 10.7. The number of ether oxygens (including phenoxy) is 1. The Bertz CT molecular complexity index is 444. The molecule has 0 spiro atoms. The Hall–Kier alpha value is -0.770. The Labute approximate surface area is 104 Å². The number of rotatable bonds is 1. The number of aryl methyl sites for hydroxylation is 1. The maximum Gasteiger partial charge on any atom is 0.131 e. The Morgan fingerprint density at radius 2 is 2.07 bits per heavy atom. The van der Waals surface area contributed by atoms with Crippen molar-refractivity contribution in [3.05, 3.63) is 50.8 Å².